The number of benzene rings is 1. The van der Waals surface area contributed by atoms with E-state index < -0.39 is 0 Å². The fourth-order valence-corrected chi connectivity index (χ4v) is 4.31. The van der Waals surface area contributed by atoms with Gasteiger partial charge in [0.2, 0.25) is 0 Å². The van der Waals surface area contributed by atoms with E-state index in [0.29, 0.717) is 39.1 Å². The van der Waals surface area contributed by atoms with Crippen molar-refractivity contribution in [1.29, 1.82) is 0 Å². The third-order valence-electron chi connectivity index (χ3n) is 5.93. The topological polar surface area (TPSA) is 70.1 Å². The van der Waals surface area contributed by atoms with Crippen LogP contribution in [0.5, 0.6) is 0 Å². The summed E-state index contributed by atoms with van der Waals surface area (Å²) >= 11 is 0. The molecule has 0 aromatic heterocycles. The number of aliphatic hydroxyl groups is 1. The van der Waals surface area contributed by atoms with Gasteiger partial charge in [-0.25, -0.2) is 4.79 Å². The minimum Gasteiger partial charge on any atom is -0.466 e. The minimum absolute atomic E-state index is 0.0366. The van der Waals surface area contributed by atoms with Crippen molar-refractivity contribution in [2.75, 3.05) is 26.2 Å². The van der Waals surface area contributed by atoms with Gasteiger partial charge in [-0.1, -0.05) is 31.2 Å². The summed E-state index contributed by atoms with van der Waals surface area (Å²) in [7, 11) is 0. The third kappa shape index (κ3) is 4.49. The van der Waals surface area contributed by atoms with Crippen molar-refractivity contribution in [1.82, 2.24) is 9.80 Å². The van der Waals surface area contributed by atoms with Crippen molar-refractivity contribution < 1.29 is 19.4 Å². The van der Waals surface area contributed by atoms with E-state index in [0.717, 1.165) is 24.8 Å². The Morgan fingerprint density at radius 2 is 1.75 bits per heavy atom. The van der Waals surface area contributed by atoms with Crippen LogP contribution < -0.4 is 0 Å². The van der Waals surface area contributed by atoms with Crippen LogP contribution in [-0.2, 0) is 16.0 Å². The van der Waals surface area contributed by atoms with Gasteiger partial charge in [0.1, 0.15) is 0 Å². The molecule has 2 aliphatic heterocycles. The standard InChI is InChI=1S/C22H32N2O4/c1-3-16-7-9-17(10-8-16)20-19(21(26)28-4-2)6-5-13-24(20)22(27)23-14-11-18(25)12-15-23/h7-10,18-20,25H,3-6,11-15H2,1-2H3. The number of aliphatic hydroxyl groups excluding tert-OH is 1. The predicted octanol–water partition coefficient (Wildman–Crippen LogP) is 3.14. The molecule has 0 saturated carbocycles. The molecule has 1 N–H and O–H groups in total. The lowest BCUT2D eigenvalue weighted by Crippen LogP contribution is -2.52. The van der Waals surface area contributed by atoms with E-state index >= 15 is 0 Å². The molecule has 6 nitrogen and oxygen atoms in total. The van der Waals surface area contributed by atoms with Crippen molar-refractivity contribution in [3.63, 3.8) is 0 Å². The van der Waals surface area contributed by atoms with Crippen LogP contribution in [0.2, 0.25) is 0 Å². The number of ether oxygens (including phenoxy) is 1. The van der Waals surface area contributed by atoms with E-state index in [1.165, 1.54) is 5.56 Å². The fourth-order valence-electron chi connectivity index (χ4n) is 4.31. The molecule has 3 rings (SSSR count). The smallest absolute Gasteiger partial charge is 0.320 e. The second-order valence-electron chi connectivity index (χ2n) is 7.73. The predicted molar refractivity (Wildman–Crippen MR) is 107 cm³/mol. The molecule has 2 heterocycles. The SMILES string of the molecule is CCOC(=O)C1CCCN(C(=O)N2CCC(O)CC2)C1c1ccc(CC)cc1. The Kier molecular flexibility index (Phi) is 6.94. The van der Waals surface area contributed by atoms with E-state index in [-0.39, 0.29) is 30.1 Å². The number of hydrogen-bond donors (Lipinski definition) is 1. The van der Waals surface area contributed by atoms with Gasteiger partial charge in [-0.3, -0.25) is 4.79 Å². The Morgan fingerprint density at radius 3 is 2.36 bits per heavy atom. The number of piperidine rings is 2. The molecular formula is C22H32N2O4. The number of amides is 2. The number of urea groups is 1. The Balaban J connectivity index is 1.88. The largest absolute Gasteiger partial charge is 0.466 e. The maximum atomic E-state index is 13.3. The molecule has 0 radical (unpaired) electrons. The summed E-state index contributed by atoms with van der Waals surface area (Å²) in [5, 5.41) is 9.76. The van der Waals surface area contributed by atoms with Crippen molar-refractivity contribution in [3.05, 3.63) is 35.4 Å². The van der Waals surface area contributed by atoms with Gasteiger partial charge in [-0.15, -0.1) is 0 Å². The normalized spacial score (nSPS) is 23.5. The zero-order valence-corrected chi connectivity index (χ0v) is 17.0. The van der Waals surface area contributed by atoms with Gasteiger partial charge in [0.05, 0.1) is 24.7 Å². The quantitative estimate of drug-likeness (QED) is 0.805. The molecule has 2 saturated heterocycles. The van der Waals surface area contributed by atoms with Crippen molar-refractivity contribution in [3.8, 4) is 0 Å². The van der Waals surface area contributed by atoms with Crippen LogP contribution in [0.4, 0.5) is 4.79 Å². The second-order valence-corrected chi connectivity index (χ2v) is 7.73. The molecule has 1 aromatic rings. The number of aryl methyl sites for hydroxylation is 1. The van der Waals surface area contributed by atoms with E-state index in [1.807, 2.05) is 28.9 Å². The van der Waals surface area contributed by atoms with Crippen molar-refractivity contribution in [2.45, 2.75) is 58.1 Å². The maximum absolute atomic E-state index is 13.3. The first-order chi connectivity index (χ1) is 13.5. The summed E-state index contributed by atoms with van der Waals surface area (Å²) in [4.78, 5) is 29.7. The second kappa shape index (κ2) is 9.41. The summed E-state index contributed by atoms with van der Waals surface area (Å²) < 4.78 is 5.34. The number of hydrogen-bond acceptors (Lipinski definition) is 4. The molecule has 2 aliphatic rings. The highest BCUT2D eigenvalue weighted by Crippen LogP contribution is 2.38. The Labute approximate surface area is 167 Å². The highest BCUT2D eigenvalue weighted by Gasteiger charge is 2.41. The molecule has 2 atom stereocenters. The zero-order valence-electron chi connectivity index (χ0n) is 17.0. The fraction of sp³-hybridized carbons (Fsp3) is 0.636. The summed E-state index contributed by atoms with van der Waals surface area (Å²) in [6.45, 7) is 6.01. The van der Waals surface area contributed by atoms with Crippen LogP contribution in [0.25, 0.3) is 0 Å². The minimum atomic E-state index is -0.347. The number of rotatable bonds is 4. The average Bonchev–Trinajstić information content (AvgIpc) is 2.73. The molecule has 1 aromatic carbocycles. The first-order valence-corrected chi connectivity index (χ1v) is 10.5. The molecular weight excluding hydrogens is 356 g/mol. The van der Waals surface area contributed by atoms with Crippen LogP contribution in [0.15, 0.2) is 24.3 Å². The third-order valence-corrected chi connectivity index (χ3v) is 5.93. The van der Waals surface area contributed by atoms with Gasteiger partial charge in [0.25, 0.3) is 0 Å². The molecule has 2 unspecified atom stereocenters. The van der Waals surface area contributed by atoms with Gasteiger partial charge >= 0.3 is 12.0 Å². The first kappa shape index (κ1) is 20.6. The maximum Gasteiger partial charge on any atom is 0.320 e. The lowest BCUT2D eigenvalue weighted by Gasteiger charge is -2.43. The molecule has 0 aliphatic carbocycles. The van der Waals surface area contributed by atoms with Crippen molar-refractivity contribution in [2.24, 2.45) is 5.92 Å². The van der Waals surface area contributed by atoms with E-state index in [4.69, 9.17) is 4.74 Å². The summed E-state index contributed by atoms with van der Waals surface area (Å²) in [5.41, 5.74) is 2.22. The van der Waals surface area contributed by atoms with Crippen LogP contribution in [0, 0.1) is 5.92 Å². The number of nitrogens with zero attached hydrogens (tertiary/aromatic N) is 2. The lowest BCUT2D eigenvalue weighted by atomic mass is 9.84. The van der Waals surface area contributed by atoms with Gasteiger partial charge in [-0.05, 0) is 50.2 Å². The zero-order chi connectivity index (χ0) is 20.1. The van der Waals surface area contributed by atoms with E-state index in [1.54, 1.807) is 0 Å². The molecule has 2 amide bonds. The highest BCUT2D eigenvalue weighted by molar-refractivity contribution is 5.79. The van der Waals surface area contributed by atoms with Crippen molar-refractivity contribution >= 4 is 12.0 Å². The molecule has 154 valence electrons. The number of carbonyl (C=O) groups is 2. The monoisotopic (exact) mass is 388 g/mol. The number of likely N-dealkylation sites (tertiary alicyclic amines) is 2. The van der Waals surface area contributed by atoms with Crippen LogP contribution in [-0.4, -0.2) is 59.3 Å². The Bertz CT molecular complexity index is 668. The highest BCUT2D eigenvalue weighted by atomic mass is 16.5. The van der Waals surface area contributed by atoms with Gasteiger partial charge in [-0.2, -0.15) is 0 Å². The molecule has 0 spiro atoms. The van der Waals surface area contributed by atoms with Gasteiger partial charge in [0, 0.05) is 19.6 Å². The first-order valence-electron chi connectivity index (χ1n) is 10.5. The van der Waals surface area contributed by atoms with E-state index in [9.17, 15) is 14.7 Å². The van der Waals surface area contributed by atoms with Crippen LogP contribution in [0.3, 0.4) is 0 Å². The van der Waals surface area contributed by atoms with Crippen LogP contribution in [0.1, 0.15) is 56.7 Å². The van der Waals surface area contributed by atoms with Crippen LogP contribution >= 0.6 is 0 Å². The molecule has 28 heavy (non-hydrogen) atoms. The van der Waals surface area contributed by atoms with Gasteiger partial charge < -0.3 is 19.6 Å². The lowest BCUT2D eigenvalue weighted by molar-refractivity contribution is -0.152. The average molecular weight is 389 g/mol. The Morgan fingerprint density at radius 1 is 1.07 bits per heavy atom. The molecule has 2 fully saturated rings. The number of carbonyl (C=O) groups excluding carboxylic acids is 2. The number of esters is 1. The Hall–Kier alpha value is -2.08. The molecule has 6 heteroatoms. The van der Waals surface area contributed by atoms with Gasteiger partial charge in [0.15, 0.2) is 0 Å². The van der Waals surface area contributed by atoms with E-state index in [2.05, 4.69) is 19.1 Å². The summed E-state index contributed by atoms with van der Waals surface area (Å²) in [6, 6.07) is 7.89. The summed E-state index contributed by atoms with van der Waals surface area (Å²) in [5.74, 6) is -0.570. The summed E-state index contributed by atoms with van der Waals surface area (Å²) in [6.07, 6.45) is 3.35. The molecule has 0 bridgehead atoms.